The molecule has 2 aromatic heterocycles. The van der Waals surface area contributed by atoms with Crippen LogP contribution in [0, 0.1) is 0 Å². The lowest BCUT2D eigenvalue weighted by Crippen LogP contribution is -2.15. The predicted octanol–water partition coefficient (Wildman–Crippen LogP) is 2.57. The van der Waals surface area contributed by atoms with Crippen LogP contribution in [-0.4, -0.2) is 16.0 Å². The van der Waals surface area contributed by atoms with Crippen molar-refractivity contribution in [3.05, 3.63) is 29.8 Å². The van der Waals surface area contributed by atoms with Gasteiger partial charge in [-0.15, -0.1) is 0 Å². The maximum Gasteiger partial charge on any atom is 0.148 e. The van der Waals surface area contributed by atoms with Crippen molar-refractivity contribution in [2.24, 2.45) is 0 Å². The Morgan fingerprint density at radius 1 is 1.38 bits per heavy atom. The summed E-state index contributed by atoms with van der Waals surface area (Å²) in [6, 6.07) is 2.15. The molecule has 0 amide bonds. The zero-order valence-electron chi connectivity index (χ0n) is 9.95. The van der Waals surface area contributed by atoms with Crippen LogP contribution in [0.15, 0.2) is 18.5 Å². The number of pyridine rings is 1. The highest BCUT2D eigenvalue weighted by molar-refractivity contribution is 5.64. The Morgan fingerprint density at radius 3 is 2.94 bits per heavy atom. The van der Waals surface area contributed by atoms with Crippen LogP contribution in [0.5, 0.6) is 5.75 Å². The van der Waals surface area contributed by atoms with Crippen LogP contribution >= 0.6 is 0 Å². The number of nitrogens with zero attached hydrogens (tertiary/aromatic N) is 2. The van der Waals surface area contributed by atoms with Crippen LogP contribution < -0.4 is 4.74 Å². The van der Waals surface area contributed by atoms with Crippen molar-refractivity contribution in [2.75, 3.05) is 6.61 Å². The third-order valence-electron chi connectivity index (χ3n) is 3.03. The number of aromatic nitrogens is 2. The number of fused-ring (bicyclic) bond motifs is 3. The molecule has 0 bridgehead atoms. The molecular formula is C13H16N2O. The Bertz CT molecular complexity index is 549. The van der Waals surface area contributed by atoms with E-state index >= 15 is 0 Å². The highest BCUT2D eigenvalue weighted by Crippen LogP contribution is 2.32. The summed E-state index contributed by atoms with van der Waals surface area (Å²) in [5.74, 6) is 2.10. The first-order valence-electron chi connectivity index (χ1n) is 5.69. The second-order valence-electron chi connectivity index (χ2n) is 5.36. The molecular weight excluding hydrogens is 200 g/mol. The molecule has 3 heterocycles. The average Bonchev–Trinajstić information content (AvgIpc) is 2.81. The first-order valence-corrected chi connectivity index (χ1v) is 5.69. The average molecular weight is 216 g/mol. The van der Waals surface area contributed by atoms with E-state index in [1.807, 2.05) is 6.20 Å². The lowest BCUT2D eigenvalue weighted by Gasteiger charge is -2.17. The molecule has 1 aliphatic heterocycles. The molecule has 1 aliphatic rings. The summed E-state index contributed by atoms with van der Waals surface area (Å²) in [4.78, 5) is 4.53. The summed E-state index contributed by atoms with van der Waals surface area (Å²) in [5.41, 5.74) is 2.45. The Morgan fingerprint density at radius 2 is 2.19 bits per heavy atom. The van der Waals surface area contributed by atoms with Gasteiger partial charge in [0.15, 0.2) is 0 Å². The fourth-order valence-electron chi connectivity index (χ4n) is 2.27. The summed E-state index contributed by atoms with van der Waals surface area (Å²) in [6.45, 7) is 7.33. The van der Waals surface area contributed by atoms with Crippen molar-refractivity contribution >= 4 is 5.52 Å². The molecule has 84 valence electrons. The highest BCUT2D eigenvalue weighted by Gasteiger charge is 2.23. The zero-order chi connectivity index (χ0) is 11.3. The normalized spacial score (nSPS) is 15.2. The molecule has 2 aromatic rings. The number of rotatable bonds is 0. The lowest BCUT2D eigenvalue weighted by atomic mass is 9.96. The number of hydrogen-bond acceptors (Lipinski definition) is 2. The van der Waals surface area contributed by atoms with Gasteiger partial charge in [-0.05, 0) is 6.07 Å². The van der Waals surface area contributed by atoms with E-state index in [1.165, 1.54) is 5.56 Å². The molecule has 0 atom stereocenters. The van der Waals surface area contributed by atoms with Gasteiger partial charge < -0.3 is 4.74 Å². The van der Waals surface area contributed by atoms with Gasteiger partial charge >= 0.3 is 0 Å². The molecule has 0 aromatic carbocycles. The summed E-state index contributed by atoms with van der Waals surface area (Å²) >= 11 is 0. The van der Waals surface area contributed by atoms with Gasteiger partial charge in [0.2, 0.25) is 0 Å². The predicted molar refractivity (Wildman–Crippen MR) is 63.1 cm³/mol. The van der Waals surface area contributed by atoms with Crippen LogP contribution in [0.25, 0.3) is 5.52 Å². The molecule has 3 nitrogen and oxygen atoms in total. The number of ether oxygens (including phenoxy) is 1. The van der Waals surface area contributed by atoms with Crippen molar-refractivity contribution in [1.82, 2.24) is 9.38 Å². The van der Waals surface area contributed by atoms with Crippen molar-refractivity contribution in [2.45, 2.75) is 32.6 Å². The molecule has 0 radical (unpaired) electrons. The zero-order valence-corrected chi connectivity index (χ0v) is 9.95. The van der Waals surface area contributed by atoms with Gasteiger partial charge in [-0.1, -0.05) is 20.8 Å². The van der Waals surface area contributed by atoms with Gasteiger partial charge in [0.05, 0.1) is 12.8 Å². The monoisotopic (exact) mass is 216 g/mol. The molecule has 3 rings (SSSR count). The van der Waals surface area contributed by atoms with Gasteiger partial charge in [-0.25, -0.2) is 4.98 Å². The lowest BCUT2D eigenvalue weighted by molar-refractivity contribution is 0.359. The second-order valence-corrected chi connectivity index (χ2v) is 5.36. The summed E-state index contributed by atoms with van der Waals surface area (Å²) in [5, 5.41) is 0. The Balaban J connectivity index is 2.30. The van der Waals surface area contributed by atoms with Crippen molar-refractivity contribution in [3.63, 3.8) is 0 Å². The van der Waals surface area contributed by atoms with Crippen molar-refractivity contribution in [3.8, 4) is 5.75 Å². The van der Waals surface area contributed by atoms with Crippen molar-refractivity contribution < 1.29 is 4.74 Å². The Kier molecular flexibility index (Phi) is 1.82. The molecule has 3 heteroatoms. The summed E-state index contributed by atoms with van der Waals surface area (Å²) in [7, 11) is 0. The molecule has 0 saturated carbocycles. The molecule has 0 unspecified atom stereocenters. The number of hydrogen-bond donors (Lipinski definition) is 0. The maximum atomic E-state index is 5.68. The number of imidazole rings is 1. The topological polar surface area (TPSA) is 26.5 Å². The fourth-order valence-corrected chi connectivity index (χ4v) is 2.27. The largest absolute Gasteiger partial charge is 0.491 e. The molecule has 0 N–H and O–H groups in total. The van der Waals surface area contributed by atoms with Gasteiger partial charge in [-0.2, -0.15) is 0 Å². The van der Waals surface area contributed by atoms with E-state index in [0.717, 1.165) is 30.1 Å². The van der Waals surface area contributed by atoms with Gasteiger partial charge in [0.1, 0.15) is 17.1 Å². The van der Waals surface area contributed by atoms with Gasteiger partial charge in [0, 0.05) is 23.6 Å². The van der Waals surface area contributed by atoms with E-state index in [0.29, 0.717) is 0 Å². The summed E-state index contributed by atoms with van der Waals surface area (Å²) in [6.07, 6.45) is 5.04. The standard InChI is InChI=1S/C13H16N2O/c1-13(2,3)12-14-8-10-11-9(5-7-16-11)4-6-15(10)12/h4,6,8H,5,7H2,1-3H3. The maximum absolute atomic E-state index is 5.68. The van der Waals surface area contributed by atoms with E-state index < -0.39 is 0 Å². The van der Waals surface area contributed by atoms with E-state index in [4.69, 9.17) is 4.74 Å². The van der Waals surface area contributed by atoms with Gasteiger partial charge in [-0.3, -0.25) is 4.40 Å². The van der Waals surface area contributed by atoms with E-state index in [2.05, 4.69) is 42.4 Å². The van der Waals surface area contributed by atoms with Crippen LogP contribution in [0.4, 0.5) is 0 Å². The Labute approximate surface area is 95.1 Å². The SMILES string of the molecule is CC(C)(C)c1ncc2c3c(ccn12)CCO3. The van der Waals surface area contributed by atoms with Crippen molar-refractivity contribution in [1.29, 1.82) is 0 Å². The van der Waals surface area contributed by atoms with Crippen LogP contribution in [0.2, 0.25) is 0 Å². The smallest absolute Gasteiger partial charge is 0.148 e. The first-order chi connectivity index (χ1) is 7.57. The molecule has 0 saturated heterocycles. The molecule has 0 fully saturated rings. The molecule has 16 heavy (non-hydrogen) atoms. The van der Waals surface area contributed by atoms with Crippen LogP contribution in [0.3, 0.4) is 0 Å². The van der Waals surface area contributed by atoms with E-state index in [9.17, 15) is 0 Å². The second kappa shape index (κ2) is 3.00. The highest BCUT2D eigenvalue weighted by atomic mass is 16.5. The minimum absolute atomic E-state index is 0.0548. The fraction of sp³-hybridized carbons (Fsp3) is 0.462. The first kappa shape index (κ1) is 9.70. The third-order valence-corrected chi connectivity index (χ3v) is 3.03. The van der Waals surface area contributed by atoms with E-state index in [1.54, 1.807) is 0 Å². The molecule has 0 aliphatic carbocycles. The molecule has 0 spiro atoms. The summed E-state index contributed by atoms with van der Waals surface area (Å²) < 4.78 is 7.82. The quantitative estimate of drug-likeness (QED) is 0.676. The minimum Gasteiger partial charge on any atom is -0.491 e. The van der Waals surface area contributed by atoms with E-state index in [-0.39, 0.29) is 5.41 Å². The Hall–Kier alpha value is -1.51. The minimum atomic E-state index is 0.0548. The van der Waals surface area contributed by atoms with Crippen LogP contribution in [0.1, 0.15) is 32.2 Å². The van der Waals surface area contributed by atoms with Gasteiger partial charge in [0.25, 0.3) is 0 Å². The third kappa shape index (κ3) is 1.24. The van der Waals surface area contributed by atoms with Crippen LogP contribution in [-0.2, 0) is 11.8 Å².